The predicted octanol–water partition coefficient (Wildman–Crippen LogP) is 5.14. The topological polar surface area (TPSA) is 43.4 Å². The van der Waals surface area contributed by atoms with Crippen LogP contribution in [0.1, 0.15) is 53.6 Å². The molecule has 1 aliphatic rings. The lowest BCUT2D eigenvalue weighted by atomic mass is 9.78. The Morgan fingerprint density at radius 1 is 0.923 bits per heavy atom. The van der Waals surface area contributed by atoms with E-state index in [-0.39, 0.29) is 5.78 Å². The van der Waals surface area contributed by atoms with Gasteiger partial charge in [0.2, 0.25) is 5.78 Å². The Balaban J connectivity index is 1.81. The molecule has 0 atom stereocenters. The van der Waals surface area contributed by atoms with Crippen LogP contribution in [0.5, 0.6) is 0 Å². The zero-order chi connectivity index (χ0) is 18.4. The molecule has 0 unspecified atom stereocenters. The summed E-state index contributed by atoms with van der Waals surface area (Å²) >= 11 is 0. The summed E-state index contributed by atoms with van der Waals surface area (Å²) in [7, 11) is 0. The van der Waals surface area contributed by atoms with E-state index in [4.69, 9.17) is 4.74 Å². The van der Waals surface area contributed by atoms with E-state index < -0.39 is 11.6 Å². The van der Waals surface area contributed by atoms with Crippen LogP contribution in [0.25, 0.3) is 6.08 Å². The van der Waals surface area contributed by atoms with Crippen LogP contribution < -0.4 is 0 Å². The highest BCUT2D eigenvalue weighted by Gasteiger charge is 2.43. The van der Waals surface area contributed by atoms with Crippen LogP contribution in [0, 0.1) is 6.92 Å². The maximum absolute atomic E-state index is 13.3. The number of esters is 1. The average molecular weight is 348 g/mol. The number of Topliss-reactive ketones (excluding diaryl/α,β-unsaturated/α-hetero) is 1. The van der Waals surface area contributed by atoms with Crippen molar-refractivity contribution in [3.05, 3.63) is 77.4 Å². The van der Waals surface area contributed by atoms with Crippen molar-refractivity contribution in [2.45, 2.75) is 44.6 Å². The number of hydrogen-bond acceptors (Lipinski definition) is 3. The molecule has 134 valence electrons. The van der Waals surface area contributed by atoms with E-state index in [2.05, 4.69) is 0 Å². The van der Waals surface area contributed by atoms with Gasteiger partial charge in [-0.25, -0.2) is 4.79 Å². The van der Waals surface area contributed by atoms with Crippen LogP contribution in [-0.4, -0.2) is 17.4 Å². The van der Waals surface area contributed by atoms with Crippen LogP contribution in [0.15, 0.2) is 60.7 Å². The quantitative estimate of drug-likeness (QED) is 0.427. The summed E-state index contributed by atoms with van der Waals surface area (Å²) in [4.78, 5) is 25.7. The van der Waals surface area contributed by atoms with Gasteiger partial charge in [0.15, 0.2) is 5.60 Å². The standard InChI is InChI=1S/C23H24O3/c1-18-10-6-7-13-20(18)22(25)23(16-8-3-9-17-23)26-21(24)15-14-19-11-4-2-5-12-19/h2,4-7,10-15H,3,8-9,16-17H2,1H3/b15-14+. The molecule has 1 fully saturated rings. The monoisotopic (exact) mass is 348 g/mol. The molecule has 0 N–H and O–H groups in total. The van der Waals surface area contributed by atoms with E-state index in [1.807, 2.05) is 61.5 Å². The molecule has 1 saturated carbocycles. The summed E-state index contributed by atoms with van der Waals surface area (Å²) in [6.45, 7) is 1.92. The van der Waals surface area contributed by atoms with E-state index in [1.165, 1.54) is 6.08 Å². The first-order valence-corrected chi connectivity index (χ1v) is 9.17. The second-order valence-electron chi connectivity index (χ2n) is 6.86. The molecule has 0 aliphatic heterocycles. The number of ketones is 1. The highest BCUT2D eigenvalue weighted by atomic mass is 16.6. The van der Waals surface area contributed by atoms with E-state index in [0.717, 1.165) is 30.4 Å². The van der Waals surface area contributed by atoms with Crippen molar-refractivity contribution < 1.29 is 14.3 Å². The average Bonchev–Trinajstić information content (AvgIpc) is 2.68. The molecule has 0 spiro atoms. The molecule has 1 aliphatic carbocycles. The smallest absolute Gasteiger partial charge is 0.331 e. The molecule has 2 aromatic carbocycles. The van der Waals surface area contributed by atoms with Gasteiger partial charge in [0, 0.05) is 11.6 Å². The Morgan fingerprint density at radius 3 is 2.27 bits per heavy atom. The molecule has 3 heteroatoms. The number of ether oxygens (including phenoxy) is 1. The minimum Gasteiger partial charge on any atom is -0.447 e. The Labute approximate surface area is 154 Å². The lowest BCUT2D eigenvalue weighted by Crippen LogP contribution is -2.45. The predicted molar refractivity (Wildman–Crippen MR) is 103 cm³/mol. The first-order chi connectivity index (χ1) is 12.6. The molecular formula is C23H24O3. The number of aryl methyl sites for hydroxylation is 1. The number of benzene rings is 2. The van der Waals surface area contributed by atoms with Gasteiger partial charge in [0.1, 0.15) is 0 Å². The molecule has 2 aromatic rings. The summed E-state index contributed by atoms with van der Waals surface area (Å²) in [5.41, 5.74) is 1.45. The number of hydrogen-bond donors (Lipinski definition) is 0. The van der Waals surface area contributed by atoms with Gasteiger partial charge < -0.3 is 4.74 Å². The summed E-state index contributed by atoms with van der Waals surface area (Å²) in [6.07, 6.45) is 7.17. The van der Waals surface area contributed by atoms with Gasteiger partial charge >= 0.3 is 5.97 Å². The molecular weight excluding hydrogens is 324 g/mol. The highest BCUT2D eigenvalue weighted by molar-refractivity contribution is 6.05. The lowest BCUT2D eigenvalue weighted by molar-refractivity contribution is -0.151. The van der Waals surface area contributed by atoms with Crippen molar-refractivity contribution in [1.29, 1.82) is 0 Å². The summed E-state index contributed by atoms with van der Waals surface area (Å²) in [5, 5.41) is 0. The minimum absolute atomic E-state index is 0.0724. The van der Waals surface area contributed by atoms with Gasteiger partial charge in [0.25, 0.3) is 0 Å². The highest BCUT2D eigenvalue weighted by Crippen LogP contribution is 2.35. The molecule has 0 radical (unpaired) electrons. The molecule has 26 heavy (non-hydrogen) atoms. The van der Waals surface area contributed by atoms with Crippen molar-refractivity contribution in [3.8, 4) is 0 Å². The van der Waals surface area contributed by atoms with Gasteiger partial charge in [-0.15, -0.1) is 0 Å². The third-order valence-corrected chi connectivity index (χ3v) is 4.97. The van der Waals surface area contributed by atoms with E-state index >= 15 is 0 Å². The molecule has 3 nitrogen and oxygen atoms in total. The fourth-order valence-corrected chi connectivity index (χ4v) is 3.53. The van der Waals surface area contributed by atoms with Crippen LogP contribution >= 0.6 is 0 Å². The number of carbonyl (C=O) groups is 2. The van der Waals surface area contributed by atoms with Gasteiger partial charge in [-0.1, -0.05) is 61.0 Å². The third-order valence-electron chi connectivity index (χ3n) is 4.97. The number of carbonyl (C=O) groups excluding carboxylic acids is 2. The summed E-state index contributed by atoms with van der Waals surface area (Å²) in [6, 6.07) is 17.1. The van der Waals surface area contributed by atoms with Gasteiger partial charge in [-0.3, -0.25) is 4.79 Å². The minimum atomic E-state index is -1.04. The molecule has 0 amide bonds. The van der Waals surface area contributed by atoms with Crippen molar-refractivity contribution in [2.24, 2.45) is 0 Å². The van der Waals surface area contributed by atoms with Gasteiger partial charge in [0.05, 0.1) is 0 Å². The van der Waals surface area contributed by atoms with Crippen LogP contribution in [0.3, 0.4) is 0 Å². The van der Waals surface area contributed by atoms with Gasteiger partial charge in [-0.05, 0) is 49.8 Å². The van der Waals surface area contributed by atoms with E-state index in [0.29, 0.717) is 18.4 Å². The van der Waals surface area contributed by atoms with Crippen LogP contribution in [0.4, 0.5) is 0 Å². The Morgan fingerprint density at radius 2 is 1.58 bits per heavy atom. The lowest BCUT2D eigenvalue weighted by Gasteiger charge is -2.35. The van der Waals surface area contributed by atoms with Crippen molar-refractivity contribution in [1.82, 2.24) is 0 Å². The number of rotatable bonds is 5. The van der Waals surface area contributed by atoms with Crippen molar-refractivity contribution >= 4 is 17.8 Å². The van der Waals surface area contributed by atoms with Crippen LogP contribution in [0.2, 0.25) is 0 Å². The molecule has 3 rings (SSSR count). The SMILES string of the molecule is Cc1ccccc1C(=O)C1(OC(=O)/C=C/c2ccccc2)CCCCC1. The zero-order valence-electron chi connectivity index (χ0n) is 15.1. The second-order valence-corrected chi connectivity index (χ2v) is 6.86. The fraction of sp³-hybridized carbons (Fsp3) is 0.304. The Kier molecular flexibility index (Phi) is 5.67. The van der Waals surface area contributed by atoms with E-state index in [1.54, 1.807) is 6.08 Å². The largest absolute Gasteiger partial charge is 0.447 e. The second kappa shape index (κ2) is 8.13. The normalized spacial score (nSPS) is 16.3. The van der Waals surface area contributed by atoms with Crippen molar-refractivity contribution in [2.75, 3.05) is 0 Å². The summed E-state index contributed by atoms with van der Waals surface area (Å²) in [5.74, 6) is -0.533. The first-order valence-electron chi connectivity index (χ1n) is 9.17. The first kappa shape index (κ1) is 18.1. The van der Waals surface area contributed by atoms with E-state index in [9.17, 15) is 9.59 Å². The Hall–Kier alpha value is -2.68. The third kappa shape index (κ3) is 4.10. The maximum Gasteiger partial charge on any atom is 0.331 e. The molecule has 0 aromatic heterocycles. The Bertz CT molecular complexity index is 799. The summed E-state index contributed by atoms with van der Waals surface area (Å²) < 4.78 is 5.80. The molecule has 0 saturated heterocycles. The molecule has 0 bridgehead atoms. The zero-order valence-corrected chi connectivity index (χ0v) is 15.1. The fourth-order valence-electron chi connectivity index (χ4n) is 3.53. The van der Waals surface area contributed by atoms with Crippen molar-refractivity contribution in [3.63, 3.8) is 0 Å². The molecule has 0 heterocycles. The maximum atomic E-state index is 13.3. The van der Waals surface area contributed by atoms with Gasteiger partial charge in [-0.2, -0.15) is 0 Å². The van der Waals surface area contributed by atoms with Crippen LogP contribution in [-0.2, 0) is 9.53 Å².